The van der Waals surface area contributed by atoms with Crippen LogP contribution >= 0.6 is 0 Å². The lowest BCUT2D eigenvalue weighted by Crippen LogP contribution is -2.53. The van der Waals surface area contributed by atoms with Gasteiger partial charge in [-0.25, -0.2) is 9.69 Å². The molecule has 3 aromatic carbocycles. The maximum atomic E-state index is 14.3. The first-order chi connectivity index (χ1) is 49.3. The first kappa shape index (κ1) is 81.0. The van der Waals surface area contributed by atoms with Crippen molar-refractivity contribution >= 4 is 64.8 Å². The van der Waals surface area contributed by atoms with Crippen molar-refractivity contribution in [3.8, 4) is 23.0 Å². The Morgan fingerprint density at radius 1 is 0.578 bits per heavy atom. The molecule has 4 aliphatic rings. The Morgan fingerprint density at radius 2 is 1.10 bits per heavy atom. The Kier molecular flexibility index (Phi) is 34.2. The number of anilines is 2. The molecule has 0 fully saturated rings. The van der Waals surface area contributed by atoms with Gasteiger partial charge in [0.05, 0.1) is 168 Å². The summed E-state index contributed by atoms with van der Waals surface area (Å²) >= 11 is 0. The van der Waals surface area contributed by atoms with Gasteiger partial charge in [-0.2, -0.15) is 0 Å². The Bertz CT molecular complexity index is 3310. The van der Waals surface area contributed by atoms with E-state index < -0.39 is 54.1 Å². The van der Waals surface area contributed by atoms with Crippen molar-refractivity contribution in [2.45, 2.75) is 130 Å². The molecule has 29 nitrogen and oxygen atoms in total. The number of aliphatic imine (C=N–C) groups is 1. The molecule has 7 amide bonds. The summed E-state index contributed by atoms with van der Waals surface area (Å²) in [6.07, 6.45) is 6.32. The van der Waals surface area contributed by atoms with Crippen molar-refractivity contribution in [3.05, 3.63) is 88.8 Å². The number of unbranched alkanes of at least 4 members (excludes halogenated alkanes) is 2. The molecule has 0 aromatic heterocycles. The second-order valence-corrected chi connectivity index (χ2v) is 25.6. The van der Waals surface area contributed by atoms with Crippen LogP contribution < -0.4 is 45.1 Å². The fourth-order valence-electron chi connectivity index (χ4n) is 11.2. The van der Waals surface area contributed by atoms with Crippen molar-refractivity contribution in [2.24, 2.45) is 16.8 Å². The standard InChI is InChI=1S/C73H104N8O21/c1-48(2)37-66(83)74-18-22-93-24-26-95-28-30-97-32-34-99-36-35-98-33-31-96-29-27-94-25-23-92-21-17-65(82)78-67(49(3)4)69(85)76-52(7)68(84)77-54-15-13-53(14-16-54)47-102-73(89)81-59-43-64(62(91-9)41-57(59)71(87)80-46-51(6)39-60(80)72(81)88)101-20-12-10-11-19-100-63-42-58-56(40-61(63)90-8)70(86)79-45-50(5)38-55(79)44-75-58/h13-16,40-46,48-49,52,55,60,67,72,88H,10-12,17-39,47H2,1-9H3,(H,74,83)(H,76,85)(H,77,84)(H,78,82)/t52-,55-,60-,67-,72-/m0/s1. The molecule has 7 rings (SSSR count). The molecule has 0 spiro atoms. The molecule has 5 atom stereocenters. The number of hydrogen-bond acceptors (Lipinski definition) is 22. The summed E-state index contributed by atoms with van der Waals surface area (Å²) < 4.78 is 73.6. The van der Waals surface area contributed by atoms with Crippen LogP contribution in [0, 0.1) is 11.8 Å². The SMILES string of the molecule is COc1cc2c(cc1OCCCCCOc1cc3c(cc1OC)C(=O)N1C=C(C)C[C@H]1[C@H](O)N3C(=O)OCc1ccc(NC(=O)[C@H](C)NC(=O)[C@@H](NC(=O)CCOCCOCCOCCOCCOCCOCCOCCOCCNC(=O)CC(C)C)C(C)C)cc1)N=C[C@@H]1CC(C)=CN1C2=O. The number of ether oxygens (including phenoxy) is 13. The summed E-state index contributed by atoms with van der Waals surface area (Å²) in [5.74, 6) is -0.647. The van der Waals surface area contributed by atoms with E-state index in [0.717, 1.165) is 22.5 Å². The maximum absolute atomic E-state index is 14.3. The molecule has 0 unspecified atom stereocenters. The molecular formula is C73H104N8O21. The van der Waals surface area contributed by atoms with Crippen LogP contribution in [0.4, 0.5) is 21.9 Å². The topological polar surface area (TPSA) is 330 Å². The van der Waals surface area contributed by atoms with Gasteiger partial charge in [-0.15, -0.1) is 0 Å². The highest BCUT2D eigenvalue weighted by Crippen LogP contribution is 2.43. The molecule has 0 aliphatic carbocycles. The van der Waals surface area contributed by atoms with Gasteiger partial charge < -0.3 is 97.8 Å². The van der Waals surface area contributed by atoms with E-state index in [1.807, 2.05) is 33.9 Å². The maximum Gasteiger partial charge on any atom is 0.416 e. The number of methoxy groups -OCH3 is 2. The fraction of sp³-hybridized carbons (Fsp3) is 0.589. The smallest absolute Gasteiger partial charge is 0.416 e. The zero-order valence-corrected chi connectivity index (χ0v) is 60.4. The van der Waals surface area contributed by atoms with E-state index >= 15 is 0 Å². The van der Waals surface area contributed by atoms with Crippen LogP contribution in [-0.4, -0.2) is 233 Å². The summed E-state index contributed by atoms with van der Waals surface area (Å²) in [5.41, 5.74) is 3.95. The number of aliphatic hydroxyl groups excluding tert-OH is 1. The number of amides is 7. The number of fused-ring (bicyclic) bond motifs is 4. The van der Waals surface area contributed by atoms with Crippen molar-refractivity contribution in [1.82, 2.24) is 25.8 Å². The van der Waals surface area contributed by atoms with E-state index in [0.29, 0.717) is 178 Å². The third kappa shape index (κ3) is 25.6. The van der Waals surface area contributed by atoms with Crippen LogP contribution in [0.2, 0.25) is 0 Å². The van der Waals surface area contributed by atoms with Crippen LogP contribution in [0.3, 0.4) is 0 Å². The third-order valence-electron chi connectivity index (χ3n) is 16.6. The predicted molar refractivity (Wildman–Crippen MR) is 377 cm³/mol. The summed E-state index contributed by atoms with van der Waals surface area (Å²) in [5, 5.41) is 23.0. The highest BCUT2D eigenvalue weighted by atomic mass is 16.6. The number of nitrogens with zero attached hydrogens (tertiary/aromatic N) is 4. The van der Waals surface area contributed by atoms with Crippen LogP contribution in [-0.2, 0) is 68.4 Å². The molecule has 0 bridgehead atoms. The third-order valence-corrected chi connectivity index (χ3v) is 16.6. The van der Waals surface area contributed by atoms with Crippen LogP contribution in [0.25, 0.3) is 0 Å². The van der Waals surface area contributed by atoms with Gasteiger partial charge in [-0.3, -0.25) is 33.8 Å². The quantitative estimate of drug-likeness (QED) is 0.0354. The molecule has 562 valence electrons. The Morgan fingerprint density at radius 3 is 1.66 bits per heavy atom. The largest absolute Gasteiger partial charge is 0.493 e. The normalized spacial score (nSPS) is 16.6. The average molecular weight is 1430 g/mol. The van der Waals surface area contributed by atoms with Crippen molar-refractivity contribution < 1.29 is 100 Å². The minimum atomic E-state index is -1.52. The number of aliphatic hydroxyl groups is 1. The monoisotopic (exact) mass is 1430 g/mol. The van der Waals surface area contributed by atoms with E-state index in [-0.39, 0.29) is 79.4 Å². The second kappa shape index (κ2) is 43.0. The molecule has 0 saturated carbocycles. The van der Waals surface area contributed by atoms with E-state index in [4.69, 9.17) is 61.6 Å². The second-order valence-electron chi connectivity index (χ2n) is 25.6. The first-order valence-corrected chi connectivity index (χ1v) is 35.0. The van der Waals surface area contributed by atoms with Gasteiger partial charge >= 0.3 is 6.09 Å². The lowest BCUT2D eigenvalue weighted by atomic mass is 10.0. The van der Waals surface area contributed by atoms with E-state index in [9.17, 15) is 38.7 Å². The summed E-state index contributed by atoms with van der Waals surface area (Å²) in [6, 6.07) is 9.99. The molecule has 0 radical (unpaired) electrons. The van der Waals surface area contributed by atoms with Crippen molar-refractivity contribution in [2.75, 3.05) is 150 Å². The molecule has 3 aromatic rings. The van der Waals surface area contributed by atoms with Gasteiger partial charge in [-0.05, 0) is 94.5 Å². The van der Waals surface area contributed by atoms with Crippen LogP contribution in [0.1, 0.15) is 120 Å². The summed E-state index contributed by atoms with van der Waals surface area (Å²) in [4.78, 5) is 102. The number of rotatable bonds is 47. The molecule has 5 N–H and O–H groups in total. The van der Waals surface area contributed by atoms with Crippen LogP contribution in [0.5, 0.6) is 23.0 Å². The highest BCUT2D eigenvalue weighted by Gasteiger charge is 2.45. The Hall–Kier alpha value is -8.26. The minimum Gasteiger partial charge on any atom is -0.493 e. The van der Waals surface area contributed by atoms with E-state index in [1.165, 1.54) is 38.2 Å². The van der Waals surface area contributed by atoms with E-state index in [1.54, 1.807) is 67.6 Å². The Labute approximate surface area is 597 Å². The highest BCUT2D eigenvalue weighted by molar-refractivity contribution is 6.07. The summed E-state index contributed by atoms with van der Waals surface area (Å²) in [7, 11) is 2.97. The predicted octanol–water partition coefficient (Wildman–Crippen LogP) is 7.03. The number of hydrogen-bond donors (Lipinski definition) is 5. The van der Waals surface area contributed by atoms with Crippen LogP contribution in [0.15, 0.2) is 77.1 Å². The Balaban J connectivity index is 0.745. The van der Waals surface area contributed by atoms with Gasteiger partial charge in [0.1, 0.15) is 18.7 Å². The first-order valence-electron chi connectivity index (χ1n) is 35.0. The van der Waals surface area contributed by atoms with Crippen molar-refractivity contribution in [1.29, 1.82) is 0 Å². The number of benzene rings is 3. The molecule has 0 saturated heterocycles. The lowest BCUT2D eigenvalue weighted by molar-refractivity contribution is -0.132. The van der Waals surface area contributed by atoms with Gasteiger partial charge in [0, 0.05) is 55.8 Å². The summed E-state index contributed by atoms with van der Waals surface area (Å²) in [6.45, 7) is 19.8. The van der Waals surface area contributed by atoms with Gasteiger partial charge in [0.15, 0.2) is 29.2 Å². The molecule has 102 heavy (non-hydrogen) atoms. The van der Waals surface area contributed by atoms with E-state index in [2.05, 4.69) is 26.3 Å². The molecular weight excluding hydrogens is 1320 g/mol. The number of nitrogens with one attached hydrogen (secondary N) is 4. The molecule has 4 aliphatic heterocycles. The fourth-order valence-corrected chi connectivity index (χ4v) is 11.2. The zero-order valence-electron chi connectivity index (χ0n) is 60.4. The molecule has 29 heteroatoms. The average Bonchev–Trinajstić information content (AvgIpc) is 1.59. The van der Waals surface area contributed by atoms with Crippen molar-refractivity contribution in [3.63, 3.8) is 0 Å². The van der Waals surface area contributed by atoms with Gasteiger partial charge in [-0.1, -0.05) is 51.0 Å². The minimum absolute atomic E-state index is 0.00376. The lowest BCUT2D eigenvalue weighted by Gasteiger charge is -2.31. The van der Waals surface area contributed by atoms with Gasteiger partial charge in [0.25, 0.3) is 11.8 Å². The van der Waals surface area contributed by atoms with Gasteiger partial charge in [0.2, 0.25) is 23.6 Å². The molecule has 4 heterocycles. The zero-order chi connectivity index (χ0) is 73.3. The number of carbonyl (C=O) groups excluding carboxylic acids is 7. The number of carbonyl (C=O) groups is 7.